The van der Waals surface area contributed by atoms with Crippen molar-refractivity contribution < 1.29 is 28.0 Å². The molecule has 9 nitrogen and oxygen atoms in total. The average molecular weight is 315 g/mol. The average Bonchev–Trinajstić information content (AvgIpc) is 3.01. The van der Waals surface area contributed by atoms with Gasteiger partial charge in [0.15, 0.2) is 0 Å². The number of amides is 1. The number of rotatable bonds is 5. The monoisotopic (exact) mass is 315 g/mol. The van der Waals surface area contributed by atoms with E-state index in [4.69, 9.17) is 5.11 Å². The van der Waals surface area contributed by atoms with Gasteiger partial charge in [-0.2, -0.15) is 4.72 Å². The third-order valence-electron chi connectivity index (χ3n) is 3.33. The number of carboxylic acids is 1. The Balaban J connectivity index is 1.90. The molecule has 1 saturated heterocycles. The van der Waals surface area contributed by atoms with E-state index in [9.17, 15) is 18.0 Å². The summed E-state index contributed by atoms with van der Waals surface area (Å²) in [6.07, 6.45) is 2.93. The Morgan fingerprint density at radius 3 is 2.71 bits per heavy atom. The Bertz CT molecular complexity index is 706. The van der Waals surface area contributed by atoms with Crippen molar-refractivity contribution in [3.63, 3.8) is 0 Å². The quantitative estimate of drug-likeness (QED) is 0.655. The first-order chi connectivity index (χ1) is 9.88. The molecule has 1 aromatic rings. The standard InChI is InChI=1S/C11H13N3O6S/c15-10-8(5-20-12-10)13-21(18,19)7-3-9(11(16)17)14(4-7)6-1-2-6/h3-4,6,8,13H,1-2,5H2,(H,12,15)(H,16,17)/t8-/m1/s1. The van der Waals surface area contributed by atoms with Crippen molar-refractivity contribution in [2.45, 2.75) is 29.8 Å². The van der Waals surface area contributed by atoms with Crippen molar-refractivity contribution in [1.29, 1.82) is 0 Å². The highest BCUT2D eigenvalue weighted by Crippen LogP contribution is 2.37. The van der Waals surface area contributed by atoms with Gasteiger partial charge in [-0.05, 0) is 18.9 Å². The van der Waals surface area contributed by atoms with Crippen LogP contribution in [0.1, 0.15) is 29.4 Å². The Hall–Kier alpha value is -1.91. The van der Waals surface area contributed by atoms with Gasteiger partial charge in [0, 0.05) is 12.2 Å². The van der Waals surface area contributed by atoms with Crippen molar-refractivity contribution in [3.05, 3.63) is 18.0 Å². The molecule has 114 valence electrons. The molecule has 3 N–H and O–H groups in total. The van der Waals surface area contributed by atoms with Gasteiger partial charge < -0.3 is 9.67 Å². The lowest BCUT2D eigenvalue weighted by molar-refractivity contribution is -0.124. The molecule has 1 atom stereocenters. The largest absolute Gasteiger partial charge is 0.477 e. The van der Waals surface area contributed by atoms with E-state index in [0.717, 1.165) is 18.9 Å². The maximum atomic E-state index is 12.2. The van der Waals surface area contributed by atoms with Crippen LogP contribution in [-0.4, -0.2) is 42.6 Å². The van der Waals surface area contributed by atoms with Crippen molar-refractivity contribution in [1.82, 2.24) is 14.8 Å². The number of hydrogen-bond acceptors (Lipinski definition) is 5. The zero-order valence-electron chi connectivity index (χ0n) is 10.8. The van der Waals surface area contributed by atoms with E-state index in [-0.39, 0.29) is 23.2 Å². The van der Waals surface area contributed by atoms with Gasteiger partial charge >= 0.3 is 5.97 Å². The van der Waals surface area contributed by atoms with Gasteiger partial charge in [0.1, 0.15) is 23.2 Å². The molecule has 0 unspecified atom stereocenters. The lowest BCUT2D eigenvalue weighted by atomic mass is 10.3. The van der Waals surface area contributed by atoms with Crippen LogP contribution in [0.25, 0.3) is 0 Å². The van der Waals surface area contributed by atoms with E-state index in [1.54, 1.807) is 0 Å². The molecule has 0 aromatic carbocycles. The summed E-state index contributed by atoms with van der Waals surface area (Å²) >= 11 is 0. The van der Waals surface area contributed by atoms with E-state index in [2.05, 4.69) is 9.56 Å². The number of hydroxylamine groups is 1. The molecule has 0 bridgehead atoms. The number of carboxylic acid groups (broad SMARTS) is 1. The molecule has 10 heteroatoms. The summed E-state index contributed by atoms with van der Waals surface area (Å²) in [5.41, 5.74) is 1.96. The first-order valence-corrected chi connectivity index (χ1v) is 7.76. The number of sulfonamides is 1. The number of aromatic nitrogens is 1. The first kappa shape index (κ1) is 14.0. The van der Waals surface area contributed by atoms with Crippen LogP contribution in [0, 0.1) is 0 Å². The predicted octanol–water partition coefficient (Wildman–Crippen LogP) is -0.771. The van der Waals surface area contributed by atoms with Crippen LogP contribution in [-0.2, 0) is 19.7 Å². The first-order valence-electron chi connectivity index (χ1n) is 6.27. The summed E-state index contributed by atoms with van der Waals surface area (Å²) in [6.45, 7) is -0.118. The van der Waals surface area contributed by atoms with Crippen LogP contribution in [0.5, 0.6) is 0 Å². The second kappa shape index (κ2) is 4.83. The van der Waals surface area contributed by atoms with Crippen molar-refractivity contribution in [2.75, 3.05) is 6.61 Å². The second-order valence-electron chi connectivity index (χ2n) is 4.96. The number of carbonyl (C=O) groups excluding carboxylic acids is 1. The number of hydrogen-bond donors (Lipinski definition) is 3. The zero-order chi connectivity index (χ0) is 15.2. The maximum absolute atomic E-state index is 12.2. The molecule has 1 saturated carbocycles. The molecular weight excluding hydrogens is 302 g/mol. The highest BCUT2D eigenvalue weighted by Gasteiger charge is 2.34. The fourth-order valence-corrected chi connectivity index (χ4v) is 3.32. The molecule has 0 radical (unpaired) electrons. The molecular formula is C11H13N3O6S. The Morgan fingerprint density at radius 1 is 1.48 bits per heavy atom. The van der Waals surface area contributed by atoms with Crippen molar-refractivity contribution in [2.24, 2.45) is 0 Å². The second-order valence-corrected chi connectivity index (χ2v) is 6.67. The minimum absolute atomic E-state index is 0.0261. The summed E-state index contributed by atoms with van der Waals surface area (Å²) in [5, 5.41) is 9.13. The van der Waals surface area contributed by atoms with Crippen LogP contribution in [0.2, 0.25) is 0 Å². The highest BCUT2D eigenvalue weighted by molar-refractivity contribution is 7.89. The number of nitrogens with one attached hydrogen (secondary N) is 2. The van der Waals surface area contributed by atoms with Gasteiger partial charge in [-0.3, -0.25) is 9.63 Å². The maximum Gasteiger partial charge on any atom is 0.352 e. The zero-order valence-corrected chi connectivity index (χ0v) is 11.6. The summed E-state index contributed by atoms with van der Waals surface area (Å²) in [7, 11) is -3.99. The highest BCUT2D eigenvalue weighted by atomic mass is 32.2. The SMILES string of the molecule is O=C(O)c1cc(S(=O)(=O)N[C@@H]2CONC2=O)cn1C1CC1. The molecule has 3 rings (SSSR count). The number of carbonyl (C=O) groups is 2. The molecule has 1 amide bonds. The summed E-state index contributed by atoms with van der Waals surface area (Å²) in [6, 6.07) is 0.0992. The molecule has 21 heavy (non-hydrogen) atoms. The fraction of sp³-hybridized carbons (Fsp3) is 0.455. The normalized spacial score (nSPS) is 22.3. The molecule has 1 aliphatic carbocycles. The molecule has 0 spiro atoms. The fourth-order valence-electron chi connectivity index (χ4n) is 2.11. The third kappa shape index (κ3) is 2.64. The van der Waals surface area contributed by atoms with Crippen molar-refractivity contribution in [3.8, 4) is 0 Å². The summed E-state index contributed by atoms with van der Waals surface area (Å²) in [5.74, 6) is -1.77. The topological polar surface area (TPSA) is 127 Å². The van der Waals surface area contributed by atoms with Crippen LogP contribution >= 0.6 is 0 Å². The van der Waals surface area contributed by atoms with Gasteiger partial charge in [-0.1, -0.05) is 0 Å². The lowest BCUT2D eigenvalue weighted by Crippen LogP contribution is -2.41. The van der Waals surface area contributed by atoms with Gasteiger partial charge in [0.2, 0.25) is 10.0 Å². The van der Waals surface area contributed by atoms with E-state index < -0.39 is 27.9 Å². The minimum atomic E-state index is -3.99. The van der Waals surface area contributed by atoms with E-state index in [1.807, 2.05) is 5.48 Å². The molecule has 1 aromatic heterocycles. The molecule has 2 fully saturated rings. The van der Waals surface area contributed by atoms with Crippen molar-refractivity contribution >= 4 is 21.9 Å². The lowest BCUT2D eigenvalue weighted by Gasteiger charge is -2.07. The smallest absolute Gasteiger partial charge is 0.352 e. The third-order valence-corrected chi connectivity index (χ3v) is 4.77. The molecule has 1 aliphatic heterocycles. The molecule has 2 aliphatic rings. The Kier molecular flexibility index (Phi) is 3.23. The molecule has 2 heterocycles. The van der Waals surface area contributed by atoms with Gasteiger partial charge in [-0.25, -0.2) is 18.7 Å². The van der Waals surface area contributed by atoms with E-state index in [0.29, 0.717) is 0 Å². The van der Waals surface area contributed by atoms with Gasteiger partial charge in [0.05, 0.1) is 0 Å². The van der Waals surface area contributed by atoms with E-state index >= 15 is 0 Å². The summed E-state index contributed by atoms with van der Waals surface area (Å²) < 4.78 is 28.1. The van der Waals surface area contributed by atoms with Crippen LogP contribution in [0.4, 0.5) is 0 Å². The van der Waals surface area contributed by atoms with Crippen LogP contribution in [0.3, 0.4) is 0 Å². The summed E-state index contributed by atoms with van der Waals surface area (Å²) in [4.78, 5) is 27.0. The predicted molar refractivity (Wildman–Crippen MR) is 67.9 cm³/mol. The number of aromatic carboxylic acids is 1. The van der Waals surface area contributed by atoms with Gasteiger partial charge in [-0.15, -0.1) is 0 Å². The minimum Gasteiger partial charge on any atom is -0.477 e. The Labute approximate surface area is 119 Å². The van der Waals surface area contributed by atoms with Crippen LogP contribution in [0.15, 0.2) is 17.2 Å². The number of nitrogens with zero attached hydrogens (tertiary/aromatic N) is 1. The van der Waals surface area contributed by atoms with Crippen LogP contribution < -0.4 is 10.2 Å². The van der Waals surface area contributed by atoms with E-state index in [1.165, 1.54) is 10.8 Å². The van der Waals surface area contributed by atoms with Gasteiger partial charge in [0.25, 0.3) is 5.91 Å². The Morgan fingerprint density at radius 2 is 2.19 bits per heavy atom.